The lowest BCUT2D eigenvalue weighted by atomic mass is 10.2. The van der Waals surface area contributed by atoms with Crippen LogP contribution in [0.3, 0.4) is 0 Å². The number of halogens is 2. The third kappa shape index (κ3) is 5.80. The SMILES string of the molecule is CC(=O)OCC(CCCCl)OC(=O)c1ccccc1Cl. The molecule has 0 radical (unpaired) electrons. The first-order valence-electron chi connectivity index (χ1n) is 6.19. The van der Waals surface area contributed by atoms with E-state index in [9.17, 15) is 9.59 Å². The van der Waals surface area contributed by atoms with Gasteiger partial charge < -0.3 is 9.47 Å². The number of hydrogen-bond donors (Lipinski definition) is 0. The molecule has 0 aliphatic heterocycles. The summed E-state index contributed by atoms with van der Waals surface area (Å²) in [5.41, 5.74) is 0.285. The molecule has 0 bridgehead atoms. The van der Waals surface area contributed by atoms with Crippen molar-refractivity contribution in [1.82, 2.24) is 0 Å². The number of benzene rings is 1. The molecule has 1 rings (SSSR count). The van der Waals surface area contributed by atoms with E-state index in [4.69, 9.17) is 32.7 Å². The summed E-state index contributed by atoms with van der Waals surface area (Å²) in [5.74, 6) is -0.516. The minimum atomic E-state index is -0.540. The van der Waals surface area contributed by atoms with Crippen LogP contribution in [0.15, 0.2) is 24.3 Å². The van der Waals surface area contributed by atoms with Gasteiger partial charge in [-0.1, -0.05) is 23.7 Å². The van der Waals surface area contributed by atoms with E-state index in [-0.39, 0.29) is 12.2 Å². The average molecular weight is 319 g/mol. The third-order valence-electron chi connectivity index (χ3n) is 2.50. The highest BCUT2D eigenvalue weighted by atomic mass is 35.5. The molecule has 1 unspecified atom stereocenters. The molecule has 0 N–H and O–H groups in total. The Morgan fingerprint density at radius 1 is 1.30 bits per heavy atom. The standard InChI is InChI=1S/C14H16Cl2O4/c1-10(17)19-9-11(5-4-8-15)20-14(18)12-6-2-3-7-13(12)16/h2-3,6-7,11H,4-5,8-9H2,1H3. The minimum absolute atomic E-state index is 0.0163. The lowest BCUT2D eigenvalue weighted by molar-refractivity contribution is -0.144. The molecule has 0 aromatic heterocycles. The summed E-state index contributed by atoms with van der Waals surface area (Å²) >= 11 is 11.5. The van der Waals surface area contributed by atoms with Crippen molar-refractivity contribution in [3.63, 3.8) is 0 Å². The van der Waals surface area contributed by atoms with Crippen LogP contribution in [0.2, 0.25) is 5.02 Å². The summed E-state index contributed by atoms with van der Waals surface area (Å²) in [4.78, 5) is 22.8. The molecule has 0 saturated carbocycles. The normalized spacial score (nSPS) is 11.8. The maximum Gasteiger partial charge on any atom is 0.340 e. The zero-order chi connectivity index (χ0) is 15.0. The molecule has 1 atom stereocenters. The summed E-state index contributed by atoms with van der Waals surface area (Å²) in [6.45, 7) is 1.32. The molecule has 110 valence electrons. The Morgan fingerprint density at radius 3 is 2.60 bits per heavy atom. The van der Waals surface area contributed by atoms with Crippen LogP contribution in [0.4, 0.5) is 0 Å². The number of esters is 2. The highest BCUT2D eigenvalue weighted by molar-refractivity contribution is 6.33. The van der Waals surface area contributed by atoms with Crippen molar-refractivity contribution in [3.05, 3.63) is 34.9 Å². The predicted octanol–water partition coefficient (Wildman–Crippen LogP) is 3.45. The van der Waals surface area contributed by atoms with E-state index in [1.165, 1.54) is 6.92 Å². The molecule has 0 fully saturated rings. The van der Waals surface area contributed by atoms with Gasteiger partial charge in [-0.15, -0.1) is 11.6 Å². The van der Waals surface area contributed by atoms with E-state index in [1.54, 1.807) is 24.3 Å². The maximum atomic E-state index is 12.0. The van der Waals surface area contributed by atoms with Gasteiger partial charge in [-0.25, -0.2) is 4.79 Å². The van der Waals surface area contributed by atoms with E-state index >= 15 is 0 Å². The van der Waals surface area contributed by atoms with Crippen LogP contribution >= 0.6 is 23.2 Å². The number of hydrogen-bond acceptors (Lipinski definition) is 4. The summed E-state index contributed by atoms with van der Waals surface area (Å²) in [7, 11) is 0. The second kappa shape index (κ2) is 8.82. The van der Waals surface area contributed by atoms with Gasteiger partial charge in [0.05, 0.1) is 10.6 Å². The van der Waals surface area contributed by atoms with Crippen LogP contribution in [0.1, 0.15) is 30.1 Å². The fourth-order valence-electron chi connectivity index (χ4n) is 1.53. The number of carbonyl (C=O) groups is 2. The minimum Gasteiger partial charge on any atom is -0.462 e. The summed E-state index contributed by atoms with van der Waals surface area (Å²) < 4.78 is 10.2. The monoisotopic (exact) mass is 318 g/mol. The Labute approximate surface area is 128 Å². The second-order valence-electron chi connectivity index (χ2n) is 4.14. The Balaban J connectivity index is 2.65. The highest BCUT2D eigenvalue weighted by Gasteiger charge is 2.18. The van der Waals surface area contributed by atoms with Crippen LogP contribution in [0.25, 0.3) is 0 Å². The zero-order valence-corrected chi connectivity index (χ0v) is 12.6. The van der Waals surface area contributed by atoms with Crippen LogP contribution in [0.5, 0.6) is 0 Å². The van der Waals surface area contributed by atoms with Gasteiger partial charge in [0.1, 0.15) is 12.7 Å². The highest BCUT2D eigenvalue weighted by Crippen LogP contribution is 2.17. The lowest BCUT2D eigenvalue weighted by Gasteiger charge is -2.17. The van der Waals surface area contributed by atoms with E-state index in [1.807, 2.05) is 0 Å². The number of rotatable bonds is 7. The van der Waals surface area contributed by atoms with Gasteiger partial charge in [-0.2, -0.15) is 0 Å². The fourth-order valence-corrected chi connectivity index (χ4v) is 1.90. The van der Waals surface area contributed by atoms with Crippen molar-refractivity contribution in [2.45, 2.75) is 25.9 Å². The molecule has 6 heteroatoms. The van der Waals surface area contributed by atoms with Crippen molar-refractivity contribution in [2.24, 2.45) is 0 Å². The number of carbonyl (C=O) groups excluding carboxylic acids is 2. The van der Waals surface area contributed by atoms with Gasteiger partial charge in [0.25, 0.3) is 0 Å². The molecule has 0 amide bonds. The first kappa shape index (κ1) is 16.8. The van der Waals surface area contributed by atoms with Crippen molar-refractivity contribution in [3.8, 4) is 0 Å². The Bertz CT molecular complexity index is 462. The zero-order valence-electron chi connectivity index (χ0n) is 11.1. The smallest absolute Gasteiger partial charge is 0.340 e. The van der Waals surface area contributed by atoms with E-state index in [2.05, 4.69) is 0 Å². The van der Waals surface area contributed by atoms with Crippen LogP contribution in [-0.2, 0) is 14.3 Å². The molecule has 1 aromatic rings. The molecule has 0 saturated heterocycles. The lowest BCUT2D eigenvalue weighted by Crippen LogP contribution is -2.25. The van der Waals surface area contributed by atoms with E-state index in [0.29, 0.717) is 23.7 Å². The predicted molar refractivity (Wildman–Crippen MR) is 77.2 cm³/mol. The van der Waals surface area contributed by atoms with Crippen molar-refractivity contribution in [1.29, 1.82) is 0 Å². The number of alkyl halides is 1. The fraction of sp³-hybridized carbons (Fsp3) is 0.429. The van der Waals surface area contributed by atoms with Gasteiger partial charge in [0.2, 0.25) is 0 Å². The van der Waals surface area contributed by atoms with Crippen molar-refractivity contribution in [2.75, 3.05) is 12.5 Å². The number of ether oxygens (including phenoxy) is 2. The molecule has 0 spiro atoms. The molecular weight excluding hydrogens is 303 g/mol. The van der Waals surface area contributed by atoms with Crippen LogP contribution < -0.4 is 0 Å². The van der Waals surface area contributed by atoms with Gasteiger partial charge in [-0.3, -0.25) is 4.79 Å². The average Bonchev–Trinajstić information content (AvgIpc) is 2.42. The van der Waals surface area contributed by atoms with E-state index < -0.39 is 18.0 Å². The molecule has 4 nitrogen and oxygen atoms in total. The summed E-state index contributed by atoms with van der Waals surface area (Å²) in [6.07, 6.45) is 0.650. The Hall–Kier alpha value is -1.26. The first-order chi connectivity index (χ1) is 9.54. The molecule has 0 heterocycles. The molecular formula is C14H16Cl2O4. The van der Waals surface area contributed by atoms with Crippen molar-refractivity contribution < 1.29 is 19.1 Å². The molecule has 1 aromatic carbocycles. The maximum absolute atomic E-state index is 12.0. The largest absolute Gasteiger partial charge is 0.462 e. The molecule has 0 aliphatic carbocycles. The van der Waals surface area contributed by atoms with Crippen LogP contribution in [0, 0.1) is 0 Å². The summed E-state index contributed by atoms with van der Waals surface area (Å²) in [5, 5.41) is 0.320. The Kier molecular flexibility index (Phi) is 7.41. The summed E-state index contributed by atoms with van der Waals surface area (Å²) in [6, 6.07) is 6.61. The van der Waals surface area contributed by atoms with Gasteiger partial charge >= 0.3 is 11.9 Å². The van der Waals surface area contributed by atoms with Crippen LogP contribution in [-0.4, -0.2) is 30.5 Å². The first-order valence-corrected chi connectivity index (χ1v) is 7.10. The van der Waals surface area contributed by atoms with E-state index in [0.717, 1.165) is 0 Å². The van der Waals surface area contributed by atoms with Gasteiger partial charge in [0.15, 0.2) is 0 Å². The van der Waals surface area contributed by atoms with Gasteiger partial charge in [0, 0.05) is 12.8 Å². The Morgan fingerprint density at radius 2 is 2.00 bits per heavy atom. The second-order valence-corrected chi connectivity index (χ2v) is 4.93. The van der Waals surface area contributed by atoms with Gasteiger partial charge in [-0.05, 0) is 25.0 Å². The molecule has 20 heavy (non-hydrogen) atoms. The van der Waals surface area contributed by atoms with Crippen molar-refractivity contribution >= 4 is 35.1 Å². The quantitative estimate of drug-likeness (QED) is 0.570. The third-order valence-corrected chi connectivity index (χ3v) is 3.10. The molecule has 0 aliphatic rings. The topological polar surface area (TPSA) is 52.6 Å².